The van der Waals surface area contributed by atoms with Crippen LogP contribution in [0.2, 0.25) is 5.02 Å². The van der Waals surface area contributed by atoms with Gasteiger partial charge in [0.05, 0.1) is 5.02 Å². The molecular formula is C12H17Cl2N3. The molecule has 1 atom stereocenters. The molecule has 0 bridgehead atoms. The Kier molecular flexibility index (Phi) is 4.13. The lowest BCUT2D eigenvalue weighted by molar-refractivity contribution is 0.315. The molecule has 0 N–H and O–H groups in total. The molecule has 17 heavy (non-hydrogen) atoms. The van der Waals surface area contributed by atoms with Crippen molar-refractivity contribution < 1.29 is 0 Å². The predicted octanol–water partition coefficient (Wildman–Crippen LogP) is 2.61. The third-order valence-electron chi connectivity index (χ3n) is 3.23. The molecule has 1 unspecified atom stereocenters. The van der Waals surface area contributed by atoms with Crippen LogP contribution in [0.25, 0.3) is 0 Å². The number of alkyl halides is 1. The van der Waals surface area contributed by atoms with Crippen LogP contribution in [-0.2, 0) is 5.88 Å². The van der Waals surface area contributed by atoms with E-state index in [-0.39, 0.29) is 0 Å². The molecule has 1 aromatic heterocycles. The fraction of sp³-hybridized carbons (Fsp3) is 0.583. The summed E-state index contributed by atoms with van der Waals surface area (Å²) >= 11 is 12.0. The molecule has 3 nitrogen and oxygen atoms in total. The van der Waals surface area contributed by atoms with E-state index >= 15 is 0 Å². The van der Waals surface area contributed by atoms with Crippen LogP contribution < -0.4 is 4.90 Å². The average molecular weight is 274 g/mol. The Hall–Kier alpha value is -0.510. The molecule has 0 radical (unpaired) electrons. The smallest absolute Gasteiger partial charge is 0.147 e. The van der Waals surface area contributed by atoms with Gasteiger partial charge >= 0.3 is 0 Å². The summed E-state index contributed by atoms with van der Waals surface area (Å²) in [5.74, 6) is 1.33. The van der Waals surface area contributed by atoms with Crippen LogP contribution in [0.1, 0.15) is 12.0 Å². The van der Waals surface area contributed by atoms with Crippen LogP contribution in [-0.4, -0.2) is 43.1 Å². The van der Waals surface area contributed by atoms with E-state index in [0.29, 0.717) is 16.9 Å². The van der Waals surface area contributed by atoms with Gasteiger partial charge in [-0.3, -0.25) is 0 Å². The Morgan fingerprint density at radius 1 is 1.53 bits per heavy atom. The van der Waals surface area contributed by atoms with Crippen LogP contribution in [0.15, 0.2) is 12.3 Å². The standard InChI is InChI=1S/C12H17Cl2N3/c1-16(2)10-3-4-17(8-10)12-11(14)5-9(6-13)7-15-12/h5,7,10H,3-4,6,8H2,1-2H3. The molecule has 1 aliphatic rings. The van der Waals surface area contributed by atoms with Crippen molar-refractivity contribution in [3.8, 4) is 0 Å². The quantitative estimate of drug-likeness (QED) is 0.790. The summed E-state index contributed by atoms with van der Waals surface area (Å²) in [4.78, 5) is 8.91. The highest BCUT2D eigenvalue weighted by Gasteiger charge is 2.26. The maximum atomic E-state index is 6.24. The van der Waals surface area contributed by atoms with Gasteiger partial charge in [-0.2, -0.15) is 0 Å². The number of hydrogen-bond donors (Lipinski definition) is 0. The van der Waals surface area contributed by atoms with Crippen LogP contribution in [0.3, 0.4) is 0 Å². The van der Waals surface area contributed by atoms with Crippen molar-refractivity contribution in [1.29, 1.82) is 0 Å². The van der Waals surface area contributed by atoms with Gasteiger partial charge in [-0.05, 0) is 32.1 Å². The van der Waals surface area contributed by atoms with Crippen molar-refractivity contribution in [2.24, 2.45) is 0 Å². The van der Waals surface area contributed by atoms with E-state index in [1.165, 1.54) is 0 Å². The Morgan fingerprint density at radius 2 is 2.29 bits per heavy atom. The first kappa shape index (κ1) is 12.9. The number of anilines is 1. The van der Waals surface area contributed by atoms with Gasteiger partial charge in [0.15, 0.2) is 0 Å². The molecule has 1 aliphatic heterocycles. The van der Waals surface area contributed by atoms with E-state index in [4.69, 9.17) is 23.2 Å². The Labute approximate surface area is 112 Å². The lowest BCUT2D eigenvalue weighted by atomic mass is 10.2. The molecule has 0 aliphatic carbocycles. The van der Waals surface area contributed by atoms with E-state index in [0.717, 1.165) is 30.9 Å². The molecule has 2 rings (SSSR count). The molecule has 0 aromatic carbocycles. The van der Waals surface area contributed by atoms with Gasteiger partial charge in [0.2, 0.25) is 0 Å². The first-order valence-corrected chi connectivity index (χ1v) is 6.65. The first-order chi connectivity index (χ1) is 8.11. The SMILES string of the molecule is CN(C)C1CCN(c2ncc(CCl)cc2Cl)C1. The second-order valence-corrected chi connectivity index (χ2v) is 5.31. The van der Waals surface area contributed by atoms with Crippen molar-refractivity contribution in [2.75, 3.05) is 32.1 Å². The Bertz CT molecular complexity index is 395. The summed E-state index contributed by atoms with van der Waals surface area (Å²) in [6, 6.07) is 2.49. The van der Waals surface area contributed by atoms with Crippen LogP contribution >= 0.6 is 23.2 Å². The number of aromatic nitrogens is 1. The monoisotopic (exact) mass is 273 g/mol. The number of nitrogens with zero attached hydrogens (tertiary/aromatic N) is 3. The third kappa shape index (κ3) is 2.84. The predicted molar refractivity (Wildman–Crippen MR) is 73.1 cm³/mol. The largest absolute Gasteiger partial charge is 0.354 e. The maximum Gasteiger partial charge on any atom is 0.147 e. The number of halogens is 2. The second kappa shape index (κ2) is 5.42. The molecule has 1 aromatic rings. The number of likely N-dealkylation sites (N-methyl/N-ethyl adjacent to an activating group) is 1. The van der Waals surface area contributed by atoms with Gasteiger partial charge in [0.1, 0.15) is 5.82 Å². The normalized spacial score (nSPS) is 20.3. The summed E-state index contributed by atoms with van der Waals surface area (Å²) in [5, 5.41) is 0.697. The van der Waals surface area contributed by atoms with Crippen molar-refractivity contribution >= 4 is 29.0 Å². The van der Waals surface area contributed by atoms with Crippen LogP contribution in [0.5, 0.6) is 0 Å². The van der Waals surface area contributed by atoms with E-state index in [1.54, 1.807) is 6.20 Å². The third-order valence-corrected chi connectivity index (χ3v) is 3.81. The topological polar surface area (TPSA) is 19.4 Å². The van der Waals surface area contributed by atoms with Crippen LogP contribution in [0, 0.1) is 0 Å². The molecular weight excluding hydrogens is 257 g/mol. The molecule has 1 saturated heterocycles. The summed E-state index contributed by atoms with van der Waals surface area (Å²) < 4.78 is 0. The Morgan fingerprint density at radius 3 is 2.82 bits per heavy atom. The lowest BCUT2D eigenvalue weighted by Gasteiger charge is -2.21. The zero-order valence-corrected chi connectivity index (χ0v) is 11.7. The highest BCUT2D eigenvalue weighted by Crippen LogP contribution is 2.28. The molecule has 2 heterocycles. The number of rotatable bonds is 3. The van der Waals surface area contributed by atoms with Crippen molar-refractivity contribution in [3.63, 3.8) is 0 Å². The van der Waals surface area contributed by atoms with Gasteiger partial charge in [0, 0.05) is 31.2 Å². The summed E-state index contributed by atoms with van der Waals surface area (Å²) in [7, 11) is 4.22. The van der Waals surface area contributed by atoms with E-state index in [2.05, 4.69) is 28.9 Å². The van der Waals surface area contributed by atoms with Gasteiger partial charge in [-0.1, -0.05) is 11.6 Å². The maximum absolute atomic E-state index is 6.24. The van der Waals surface area contributed by atoms with E-state index < -0.39 is 0 Å². The lowest BCUT2D eigenvalue weighted by Crippen LogP contribution is -2.31. The highest BCUT2D eigenvalue weighted by atomic mass is 35.5. The fourth-order valence-corrected chi connectivity index (χ4v) is 2.59. The summed E-state index contributed by atoms with van der Waals surface area (Å²) in [6.07, 6.45) is 2.96. The molecule has 5 heteroatoms. The Balaban J connectivity index is 2.13. The zero-order chi connectivity index (χ0) is 12.4. The number of hydrogen-bond acceptors (Lipinski definition) is 3. The van der Waals surface area contributed by atoms with Crippen molar-refractivity contribution in [3.05, 3.63) is 22.8 Å². The fourth-order valence-electron chi connectivity index (χ4n) is 2.13. The highest BCUT2D eigenvalue weighted by molar-refractivity contribution is 6.33. The summed E-state index contributed by atoms with van der Waals surface area (Å²) in [5.41, 5.74) is 0.962. The van der Waals surface area contributed by atoms with Crippen molar-refractivity contribution in [2.45, 2.75) is 18.3 Å². The molecule has 0 saturated carbocycles. The molecule has 1 fully saturated rings. The minimum atomic E-state index is 0.452. The van der Waals surface area contributed by atoms with Gasteiger partial charge in [0.25, 0.3) is 0 Å². The number of pyridine rings is 1. The minimum absolute atomic E-state index is 0.452. The minimum Gasteiger partial charge on any atom is -0.354 e. The second-order valence-electron chi connectivity index (χ2n) is 4.63. The zero-order valence-electron chi connectivity index (χ0n) is 10.2. The van der Waals surface area contributed by atoms with E-state index in [9.17, 15) is 0 Å². The first-order valence-electron chi connectivity index (χ1n) is 5.73. The van der Waals surface area contributed by atoms with E-state index in [1.807, 2.05) is 6.07 Å². The van der Waals surface area contributed by atoms with Gasteiger partial charge in [-0.25, -0.2) is 4.98 Å². The van der Waals surface area contributed by atoms with Gasteiger partial charge < -0.3 is 9.80 Å². The van der Waals surface area contributed by atoms with Crippen molar-refractivity contribution in [1.82, 2.24) is 9.88 Å². The molecule has 0 spiro atoms. The average Bonchev–Trinajstić information content (AvgIpc) is 2.78. The summed E-state index contributed by atoms with van der Waals surface area (Å²) in [6.45, 7) is 2.00. The van der Waals surface area contributed by atoms with Gasteiger partial charge in [-0.15, -0.1) is 11.6 Å². The molecule has 0 amide bonds. The molecule has 94 valence electrons. The van der Waals surface area contributed by atoms with Crippen LogP contribution in [0.4, 0.5) is 5.82 Å².